The van der Waals surface area contributed by atoms with Crippen molar-refractivity contribution in [2.75, 3.05) is 0 Å². The van der Waals surface area contributed by atoms with Crippen LogP contribution in [0.4, 0.5) is 13.2 Å². The molecule has 2 aromatic rings. The number of hydrogen-bond acceptors (Lipinski definition) is 3. The van der Waals surface area contributed by atoms with Crippen molar-refractivity contribution in [3.8, 4) is 5.69 Å². The van der Waals surface area contributed by atoms with Crippen LogP contribution in [0, 0.1) is 0 Å². The van der Waals surface area contributed by atoms with Gasteiger partial charge in [-0.2, -0.15) is 13.2 Å². The molecule has 2 rings (SSSR count). The molecule has 0 saturated carbocycles. The van der Waals surface area contributed by atoms with Crippen LogP contribution in [0.25, 0.3) is 5.69 Å². The van der Waals surface area contributed by atoms with Gasteiger partial charge in [0.15, 0.2) is 0 Å². The van der Waals surface area contributed by atoms with Crippen LogP contribution in [0.15, 0.2) is 30.7 Å². The number of hydrogen-bond donors (Lipinski definition) is 0. The number of alkyl halides is 3. The first-order chi connectivity index (χ1) is 7.07. The van der Waals surface area contributed by atoms with Crippen LogP contribution >= 0.6 is 0 Å². The van der Waals surface area contributed by atoms with E-state index in [0.717, 1.165) is 12.3 Å². The predicted molar refractivity (Wildman–Crippen MR) is 44.2 cm³/mol. The smallest absolute Gasteiger partial charge is 0.252 e. The summed E-state index contributed by atoms with van der Waals surface area (Å²) in [7, 11) is 0. The summed E-state index contributed by atoms with van der Waals surface area (Å²) in [6.07, 6.45) is -0.528. The molecule has 0 unspecified atom stereocenters. The van der Waals surface area contributed by atoms with Crippen molar-refractivity contribution < 1.29 is 13.2 Å². The van der Waals surface area contributed by atoms with E-state index in [4.69, 9.17) is 0 Å². The Kier molecular flexibility index (Phi) is 2.14. The first kappa shape index (κ1) is 9.63. The molecule has 15 heavy (non-hydrogen) atoms. The maximum atomic E-state index is 12.3. The number of nitrogens with zero attached hydrogens (tertiary/aromatic N) is 4. The van der Waals surface area contributed by atoms with Crippen LogP contribution in [0.1, 0.15) is 5.69 Å². The van der Waals surface area contributed by atoms with Crippen molar-refractivity contribution in [2.45, 2.75) is 6.18 Å². The van der Waals surface area contributed by atoms with Crippen LogP contribution in [0.5, 0.6) is 0 Å². The van der Waals surface area contributed by atoms with Gasteiger partial charge >= 0.3 is 6.18 Å². The summed E-state index contributed by atoms with van der Waals surface area (Å²) in [5.74, 6) is 0. The molecule has 0 amide bonds. The topological polar surface area (TPSA) is 43.6 Å². The van der Waals surface area contributed by atoms with Crippen molar-refractivity contribution in [1.82, 2.24) is 20.0 Å². The highest BCUT2D eigenvalue weighted by Crippen LogP contribution is 2.28. The molecule has 0 radical (unpaired) electrons. The highest BCUT2D eigenvalue weighted by Gasteiger charge is 2.32. The van der Waals surface area contributed by atoms with E-state index in [0.29, 0.717) is 0 Å². The second-order valence-corrected chi connectivity index (χ2v) is 2.74. The van der Waals surface area contributed by atoms with Crippen LogP contribution in [0.2, 0.25) is 0 Å². The van der Waals surface area contributed by atoms with Gasteiger partial charge < -0.3 is 0 Å². The molecule has 4 nitrogen and oxygen atoms in total. The van der Waals surface area contributed by atoms with Gasteiger partial charge in [0.25, 0.3) is 0 Å². The highest BCUT2D eigenvalue weighted by molar-refractivity contribution is 5.31. The van der Waals surface area contributed by atoms with E-state index >= 15 is 0 Å². The summed E-state index contributed by atoms with van der Waals surface area (Å²) in [6, 6.07) is 2.33. The van der Waals surface area contributed by atoms with E-state index in [9.17, 15) is 13.2 Å². The Hall–Kier alpha value is -1.92. The number of aromatic nitrogens is 4. The Morgan fingerprint density at radius 3 is 2.60 bits per heavy atom. The third kappa shape index (κ3) is 1.95. The van der Waals surface area contributed by atoms with E-state index in [1.807, 2.05) is 0 Å². The molecule has 7 heteroatoms. The standard InChI is InChI=1S/C8H5F3N4/c9-8(10,11)7-5-6(1-2-12-7)15-4-3-13-14-15/h1-5H. The minimum Gasteiger partial charge on any atom is -0.252 e. The minimum absolute atomic E-state index is 0.273. The number of rotatable bonds is 1. The number of pyridine rings is 1. The van der Waals surface area contributed by atoms with E-state index in [1.54, 1.807) is 0 Å². The molecular weight excluding hydrogens is 209 g/mol. The summed E-state index contributed by atoms with van der Waals surface area (Å²) in [4.78, 5) is 3.23. The maximum Gasteiger partial charge on any atom is 0.433 e. The Morgan fingerprint density at radius 2 is 2.00 bits per heavy atom. The van der Waals surface area contributed by atoms with Crippen molar-refractivity contribution in [1.29, 1.82) is 0 Å². The quantitative estimate of drug-likeness (QED) is 0.725. The maximum absolute atomic E-state index is 12.3. The van der Waals surface area contributed by atoms with Crippen molar-refractivity contribution in [3.05, 3.63) is 36.4 Å². The second-order valence-electron chi connectivity index (χ2n) is 2.74. The average molecular weight is 214 g/mol. The Balaban J connectivity index is 2.44. The summed E-state index contributed by atoms with van der Waals surface area (Å²) in [5.41, 5.74) is -0.676. The summed E-state index contributed by atoms with van der Waals surface area (Å²) >= 11 is 0. The van der Waals surface area contributed by atoms with Gasteiger partial charge in [-0.15, -0.1) is 5.10 Å². The third-order valence-electron chi connectivity index (χ3n) is 1.72. The van der Waals surface area contributed by atoms with E-state index in [1.165, 1.54) is 23.1 Å². The van der Waals surface area contributed by atoms with Crippen molar-refractivity contribution in [2.24, 2.45) is 0 Å². The fourth-order valence-electron chi connectivity index (χ4n) is 1.06. The van der Waals surface area contributed by atoms with Crippen LogP contribution < -0.4 is 0 Å². The Bertz CT molecular complexity index is 449. The molecule has 2 aromatic heterocycles. The molecule has 0 aliphatic rings. The first-order valence-electron chi connectivity index (χ1n) is 3.97. The minimum atomic E-state index is -4.45. The van der Waals surface area contributed by atoms with Gasteiger partial charge in [0.1, 0.15) is 5.69 Å². The van der Waals surface area contributed by atoms with Crippen molar-refractivity contribution in [3.63, 3.8) is 0 Å². The molecule has 0 aliphatic heterocycles. The van der Waals surface area contributed by atoms with Crippen LogP contribution in [0.3, 0.4) is 0 Å². The van der Waals surface area contributed by atoms with Gasteiger partial charge in [0.2, 0.25) is 0 Å². The first-order valence-corrected chi connectivity index (χ1v) is 3.97. The molecule has 0 spiro atoms. The molecule has 0 bridgehead atoms. The fourth-order valence-corrected chi connectivity index (χ4v) is 1.06. The molecule has 0 fully saturated rings. The lowest BCUT2D eigenvalue weighted by molar-refractivity contribution is -0.141. The molecule has 0 aliphatic carbocycles. The average Bonchev–Trinajstić information content (AvgIpc) is 2.69. The predicted octanol–water partition coefficient (Wildman–Crippen LogP) is 1.68. The largest absolute Gasteiger partial charge is 0.433 e. The third-order valence-corrected chi connectivity index (χ3v) is 1.72. The van der Waals surface area contributed by atoms with Crippen LogP contribution in [-0.4, -0.2) is 20.0 Å². The summed E-state index contributed by atoms with van der Waals surface area (Å²) < 4.78 is 38.1. The molecule has 2 heterocycles. The molecule has 0 aromatic carbocycles. The lowest BCUT2D eigenvalue weighted by Crippen LogP contribution is -2.09. The zero-order valence-corrected chi connectivity index (χ0v) is 7.31. The van der Waals surface area contributed by atoms with E-state index in [-0.39, 0.29) is 5.69 Å². The van der Waals surface area contributed by atoms with Gasteiger partial charge in [0.05, 0.1) is 18.1 Å². The molecule has 0 N–H and O–H groups in total. The van der Waals surface area contributed by atoms with Gasteiger partial charge in [-0.1, -0.05) is 5.21 Å². The number of halogens is 3. The molecule has 0 atom stereocenters. The van der Waals surface area contributed by atoms with Crippen LogP contribution in [-0.2, 0) is 6.18 Å². The lowest BCUT2D eigenvalue weighted by Gasteiger charge is -2.06. The zero-order chi connectivity index (χ0) is 10.9. The lowest BCUT2D eigenvalue weighted by atomic mass is 10.3. The fraction of sp³-hybridized carbons (Fsp3) is 0.125. The molecular formula is C8H5F3N4. The normalized spacial score (nSPS) is 11.7. The Morgan fingerprint density at radius 1 is 1.20 bits per heavy atom. The Labute approximate surface area is 82.4 Å². The molecule has 78 valence electrons. The van der Waals surface area contributed by atoms with Crippen molar-refractivity contribution >= 4 is 0 Å². The van der Waals surface area contributed by atoms with E-state index < -0.39 is 11.9 Å². The zero-order valence-electron chi connectivity index (χ0n) is 7.31. The summed E-state index contributed by atoms with van der Waals surface area (Å²) in [6.45, 7) is 0. The highest BCUT2D eigenvalue weighted by atomic mass is 19.4. The van der Waals surface area contributed by atoms with Gasteiger partial charge in [-0.05, 0) is 12.1 Å². The van der Waals surface area contributed by atoms with Gasteiger partial charge in [-0.3, -0.25) is 4.98 Å². The van der Waals surface area contributed by atoms with E-state index in [2.05, 4.69) is 15.3 Å². The van der Waals surface area contributed by atoms with Gasteiger partial charge in [-0.25, -0.2) is 4.68 Å². The SMILES string of the molecule is FC(F)(F)c1cc(-n2ccnn2)ccn1. The second kappa shape index (κ2) is 3.34. The monoisotopic (exact) mass is 214 g/mol. The molecule has 0 saturated heterocycles. The van der Waals surface area contributed by atoms with Gasteiger partial charge in [0, 0.05) is 6.20 Å². The summed E-state index contributed by atoms with van der Waals surface area (Å²) in [5, 5.41) is 7.08.